The summed E-state index contributed by atoms with van der Waals surface area (Å²) in [5.41, 5.74) is 6.87. The lowest BCUT2D eigenvalue weighted by molar-refractivity contribution is 0.0523. The van der Waals surface area contributed by atoms with Gasteiger partial charge in [0.15, 0.2) is 0 Å². The van der Waals surface area contributed by atoms with E-state index < -0.39 is 0 Å². The van der Waals surface area contributed by atoms with Crippen molar-refractivity contribution in [3.05, 3.63) is 33.8 Å². The Bertz CT molecular complexity index is 362. The fourth-order valence-electron chi connectivity index (χ4n) is 1.88. The fourth-order valence-corrected chi connectivity index (χ4v) is 2.36. The number of ether oxygens (including phenoxy) is 1. The zero-order valence-electron chi connectivity index (χ0n) is 8.30. The number of rotatable bonds is 1. The molecule has 0 aromatic heterocycles. The van der Waals surface area contributed by atoms with Crippen LogP contribution in [0.15, 0.2) is 18.2 Å². The molecule has 1 aromatic rings. The number of benzene rings is 1. The van der Waals surface area contributed by atoms with Gasteiger partial charge in [0.2, 0.25) is 0 Å². The van der Waals surface area contributed by atoms with E-state index in [-0.39, 0.29) is 5.54 Å². The van der Waals surface area contributed by atoms with Gasteiger partial charge < -0.3 is 10.5 Å². The molecule has 82 valence electrons. The van der Waals surface area contributed by atoms with Crippen molar-refractivity contribution in [1.82, 2.24) is 0 Å². The van der Waals surface area contributed by atoms with Crippen molar-refractivity contribution in [2.75, 3.05) is 13.2 Å². The lowest BCUT2D eigenvalue weighted by Gasteiger charge is -2.34. The monoisotopic (exact) mass is 245 g/mol. The highest BCUT2D eigenvalue weighted by Gasteiger charge is 2.31. The van der Waals surface area contributed by atoms with Gasteiger partial charge in [-0.25, -0.2) is 0 Å². The zero-order valence-corrected chi connectivity index (χ0v) is 9.81. The van der Waals surface area contributed by atoms with Crippen LogP contribution in [-0.4, -0.2) is 13.2 Å². The minimum Gasteiger partial charge on any atom is -0.381 e. The van der Waals surface area contributed by atoms with Crippen LogP contribution in [0.1, 0.15) is 18.4 Å². The van der Waals surface area contributed by atoms with Crippen LogP contribution in [0.4, 0.5) is 0 Å². The molecule has 2 nitrogen and oxygen atoms in total. The van der Waals surface area contributed by atoms with Gasteiger partial charge in [0, 0.05) is 28.8 Å². The first kappa shape index (κ1) is 11.2. The summed E-state index contributed by atoms with van der Waals surface area (Å²) in [6.45, 7) is 1.36. The molecule has 1 aliphatic heterocycles. The molecular formula is C11H13Cl2NO. The smallest absolute Gasteiger partial charge is 0.0486 e. The average Bonchev–Trinajstić information content (AvgIpc) is 2.23. The highest BCUT2D eigenvalue weighted by molar-refractivity contribution is 6.33. The van der Waals surface area contributed by atoms with E-state index in [1.54, 1.807) is 12.1 Å². The molecule has 0 aliphatic carbocycles. The molecule has 0 unspecified atom stereocenters. The predicted molar refractivity (Wildman–Crippen MR) is 62.4 cm³/mol. The number of hydrogen-bond donors (Lipinski definition) is 1. The standard InChI is InChI=1S/C11H13Cl2NO/c12-8-1-2-10(13)9(7-8)11(14)3-5-15-6-4-11/h1-2,7H,3-6,14H2. The molecule has 0 saturated carbocycles. The van der Waals surface area contributed by atoms with Crippen molar-refractivity contribution >= 4 is 23.2 Å². The Morgan fingerprint density at radius 1 is 1.20 bits per heavy atom. The van der Waals surface area contributed by atoms with Crippen LogP contribution < -0.4 is 5.73 Å². The van der Waals surface area contributed by atoms with Crippen LogP contribution in [0.25, 0.3) is 0 Å². The van der Waals surface area contributed by atoms with Crippen molar-refractivity contribution in [2.24, 2.45) is 5.73 Å². The first-order valence-corrected chi connectivity index (χ1v) is 5.70. The van der Waals surface area contributed by atoms with Gasteiger partial charge in [0.05, 0.1) is 0 Å². The second-order valence-electron chi connectivity index (χ2n) is 3.89. The van der Waals surface area contributed by atoms with E-state index in [0.717, 1.165) is 18.4 Å². The second kappa shape index (κ2) is 4.30. The third-order valence-corrected chi connectivity index (χ3v) is 3.41. The second-order valence-corrected chi connectivity index (χ2v) is 4.74. The van der Waals surface area contributed by atoms with Crippen molar-refractivity contribution in [1.29, 1.82) is 0 Å². The molecule has 1 aromatic carbocycles. The Hall–Kier alpha value is -0.280. The third-order valence-electron chi connectivity index (χ3n) is 2.85. The summed E-state index contributed by atoms with van der Waals surface area (Å²) in [7, 11) is 0. The molecular weight excluding hydrogens is 233 g/mol. The van der Waals surface area contributed by atoms with Crippen LogP contribution in [0.3, 0.4) is 0 Å². The summed E-state index contributed by atoms with van der Waals surface area (Å²) in [5, 5.41) is 1.36. The van der Waals surface area contributed by atoms with E-state index in [1.165, 1.54) is 0 Å². The zero-order chi connectivity index (χ0) is 10.9. The van der Waals surface area contributed by atoms with Crippen LogP contribution in [0.2, 0.25) is 10.0 Å². The Morgan fingerprint density at radius 2 is 1.87 bits per heavy atom. The maximum absolute atomic E-state index is 6.33. The van der Waals surface area contributed by atoms with Gasteiger partial charge in [-0.05, 0) is 36.6 Å². The van der Waals surface area contributed by atoms with Crippen LogP contribution >= 0.6 is 23.2 Å². The van der Waals surface area contributed by atoms with Gasteiger partial charge in [0.25, 0.3) is 0 Å². The summed E-state index contributed by atoms with van der Waals surface area (Å²) >= 11 is 12.1. The van der Waals surface area contributed by atoms with E-state index in [1.807, 2.05) is 6.07 Å². The maximum Gasteiger partial charge on any atom is 0.0486 e. The van der Waals surface area contributed by atoms with E-state index in [2.05, 4.69) is 0 Å². The van der Waals surface area contributed by atoms with E-state index in [0.29, 0.717) is 23.3 Å². The fraction of sp³-hybridized carbons (Fsp3) is 0.455. The van der Waals surface area contributed by atoms with E-state index in [4.69, 9.17) is 33.7 Å². The van der Waals surface area contributed by atoms with Crippen LogP contribution in [0, 0.1) is 0 Å². The molecule has 2 N–H and O–H groups in total. The van der Waals surface area contributed by atoms with E-state index in [9.17, 15) is 0 Å². The van der Waals surface area contributed by atoms with Gasteiger partial charge in [-0.3, -0.25) is 0 Å². The predicted octanol–water partition coefficient (Wildman–Crippen LogP) is 2.96. The minimum atomic E-state index is -0.389. The largest absolute Gasteiger partial charge is 0.381 e. The molecule has 1 aliphatic rings. The summed E-state index contributed by atoms with van der Waals surface area (Å²) in [5.74, 6) is 0. The molecule has 1 heterocycles. The maximum atomic E-state index is 6.33. The Kier molecular flexibility index (Phi) is 3.21. The molecule has 0 amide bonds. The first-order valence-electron chi connectivity index (χ1n) is 4.94. The van der Waals surface area contributed by atoms with Gasteiger partial charge >= 0.3 is 0 Å². The highest BCUT2D eigenvalue weighted by Crippen LogP contribution is 2.35. The number of nitrogens with two attached hydrogens (primary N) is 1. The molecule has 0 radical (unpaired) electrons. The molecule has 1 fully saturated rings. The molecule has 4 heteroatoms. The van der Waals surface area contributed by atoms with Gasteiger partial charge in [-0.2, -0.15) is 0 Å². The molecule has 15 heavy (non-hydrogen) atoms. The quantitative estimate of drug-likeness (QED) is 0.826. The Balaban J connectivity index is 2.38. The molecule has 2 rings (SSSR count). The average molecular weight is 246 g/mol. The normalized spacial score (nSPS) is 20.2. The lowest BCUT2D eigenvalue weighted by atomic mass is 9.84. The van der Waals surface area contributed by atoms with Crippen molar-refractivity contribution in [2.45, 2.75) is 18.4 Å². The van der Waals surface area contributed by atoms with Crippen LogP contribution in [0.5, 0.6) is 0 Å². The first-order chi connectivity index (χ1) is 7.12. The molecule has 0 atom stereocenters. The summed E-state index contributed by atoms with van der Waals surface area (Å²) in [4.78, 5) is 0. The Labute approximate surface area is 99.3 Å². The SMILES string of the molecule is NC1(c2cc(Cl)ccc2Cl)CCOCC1. The van der Waals surface area contributed by atoms with E-state index >= 15 is 0 Å². The molecule has 0 bridgehead atoms. The van der Waals surface area contributed by atoms with Crippen molar-refractivity contribution in [3.8, 4) is 0 Å². The summed E-state index contributed by atoms with van der Waals surface area (Å²) in [6.07, 6.45) is 1.57. The highest BCUT2D eigenvalue weighted by atomic mass is 35.5. The van der Waals surface area contributed by atoms with Gasteiger partial charge in [-0.15, -0.1) is 0 Å². The minimum absolute atomic E-state index is 0.389. The summed E-state index contributed by atoms with van der Waals surface area (Å²) < 4.78 is 5.30. The van der Waals surface area contributed by atoms with Crippen molar-refractivity contribution < 1.29 is 4.74 Å². The number of hydrogen-bond acceptors (Lipinski definition) is 2. The molecule has 0 spiro atoms. The van der Waals surface area contributed by atoms with Gasteiger partial charge in [-0.1, -0.05) is 23.2 Å². The summed E-state index contributed by atoms with van der Waals surface area (Å²) in [6, 6.07) is 5.43. The lowest BCUT2D eigenvalue weighted by Crippen LogP contribution is -2.42. The van der Waals surface area contributed by atoms with Crippen LogP contribution in [-0.2, 0) is 10.3 Å². The topological polar surface area (TPSA) is 35.2 Å². The van der Waals surface area contributed by atoms with Crippen molar-refractivity contribution in [3.63, 3.8) is 0 Å². The van der Waals surface area contributed by atoms with Gasteiger partial charge in [0.1, 0.15) is 0 Å². The molecule has 1 saturated heterocycles. The third kappa shape index (κ3) is 2.28. The Morgan fingerprint density at radius 3 is 2.53 bits per heavy atom. The number of halogens is 2.